The summed E-state index contributed by atoms with van der Waals surface area (Å²) in [5, 5.41) is 16.6. The van der Waals surface area contributed by atoms with Gasteiger partial charge in [0.05, 0.1) is 18.3 Å². The molecular formula is C23H22N6O3. The highest BCUT2D eigenvalue weighted by Crippen LogP contribution is 2.33. The van der Waals surface area contributed by atoms with Crippen LogP contribution in [-0.4, -0.2) is 50.5 Å². The molecule has 3 aromatic heterocycles. The summed E-state index contributed by atoms with van der Waals surface area (Å²) in [5.74, 6) is 1.22. The lowest BCUT2D eigenvalue weighted by molar-refractivity contribution is -0.128. The van der Waals surface area contributed by atoms with Crippen LogP contribution in [0.25, 0.3) is 16.6 Å². The number of hydrogen-bond donors (Lipinski definition) is 1. The zero-order chi connectivity index (χ0) is 22.2. The number of carbonyl (C=O) groups excluding carboxylic acids is 2. The molecule has 2 fully saturated rings. The van der Waals surface area contributed by atoms with Gasteiger partial charge in [-0.15, -0.1) is 0 Å². The summed E-state index contributed by atoms with van der Waals surface area (Å²) in [4.78, 5) is 29.6. The van der Waals surface area contributed by atoms with Crippen molar-refractivity contribution in [2.75, 3.05) is 18.4 Å². The maximum absolute atomic E-state index is 12.0. The van der Waals surface area contributed by atoms with Crippen LogP contribution in [0.1, 0.15) is 31.9 Å². The predicted molar refractivity (Wildman–Crippen MR) is 116 cm³/mol. The summed E-state index contributed by atoms with van der Waals surface area (Å²) in [6.07, 6.45) is 5.84. The molecule has 4 heterocycles. The fourth-order valence-electron chi connectivity index (χ4n) is 3.91. The van der Waals surface area contributed by atoms with Gasteiger partial charge in [-0.05, 0) is 36.6 Å². The van der Waals surface area contributed by atoms with Gasteiger partial charge in [0.25, 0.3) is 0 Å². The Bertz CT molecular complexity index is 1260. The lowest BCUT2D eigenvalue weighted by Gasteiger charge is -2.18. The van der Waals surface area contributed by atoms with E-state index >= 15 is 0 Å². The average Bonchev–Trinajstić information content (AvgIpc) is 3.40. The Morgan fingerprint density at radius 1 is 1.25 bits per heavy atom. The van der Waals surface area contributed by atoms with Crippen molar-refractivity contribution in [3.63, 3.8) is 0 Å². The van der Waals surface area contributed by atoms with Gasteiger partial charge in [-0.1, -0.05) is 0 Å². The molecule has 5 rings (SSSR count). The lowest BCUT2D eigenvalue weighted by atomic mass is 10.1. The van der Waals surface area contributed by atoms with Crippen LogP contribution in [0.15, 0.2) is 36.7 Å². The number of hydrogen-bond acceptors (Lipinski definition) is 6. The van der Waals surface area contributed by atoms with Gasteiger partial charge in [0, 0.05) is 43.6 Å². The van der Waals surface area contributed by atoms with Crippen molar-refractivity contribution in [3.05, 3.63) is 42.4 Å². The number of nitrogens with one attached hydrogen (secondary N) is 1. The van der Waals surface area contributed by atoms with Crippen LogP contribution in [0.5, 0.6) is 5.75 Å². The first kappa shape index (κ1) is 20.0. The third-order valence-electron chi connectivity index (χ3n) is 5.84. The molecule has 0 unspecified atom stereocenters. The third-order valence-corrected chi connectivity index (χ3v) is 5.84. The van der Waals surface area contributed by atoms with E-state index in [9.17, 15) is 14.9 Å². The second kappa shape index (κ2) is 7.96. The Morgan fingerprint density at radius 3 is 2.81 bits per heavy atom. The minimum atomic E-state index is -0.129. The summed E-state index contributed by atoms with van der Waals surface area (Å²) < 4.78 is 7.89. The zero-order valence-electron chi connectivity index (χ0n) is 17.6. The fraction of sp³-hybridized carbons (Fsp3) is 0.348. The van der Waals surface area contributed by atoms with Crippen LogP contribution in [-0.2, 0) is 9.59 Å². The molecule has 162 valence electrons. The van der Waals surface area contributed by atoms with Gasteiger partial charge in [0.15, 0.2) is 5.82 Å². The number of likely N-dealkylation sites (tertiary alicyclic amines) is 1. The molecule has 32 heavy (non-hydrogen) atoms. The summed E-state index contributed by atoms with van der Waals surface area (Å²) in [6, 6.07) is 9.40. The largest absolute Gasteiger partial charge is 0.486 e. The number of aromatic nitrogens is 3. The molecule has 0 spiro atoms. The first-order valence-corrected chi connectivity index (χ1v) is 10.6. The third kappa shape index (κ3) is 3.99. The molecule has 3 aromatic rings. The first-order valence-electron chi connectivity index (χ1n) is 10.6. The highest BCUT2D eigenvalue weighted by molar-refractivity contribution is 5.93. The van der Waals surface area contributed by atoms with Crippen molar-refractivity contribution in [1.82, 2.24) is 19.5 Å². The van der Waals surface area contributed by atoms with Gasteiger partial charge in [-0.2, -0.15) is 10.4 Å². The molecule has 1 saturated heterocycles. The van der Waals surface area contributed by atoms with E-state index in [4.69, 9.17) is 4.74 Å². The second-order valence-electron chi connectivity index (χ2n) is 8.25. The Labute approximate surface area is 184 Å². The molecule has 9 heteroatoms. The van der Waals surface area contributed by atoms with Crippen LogP contribution in [0.4, 0.5) is 5.82 Å². The molecule has 2 aliphatic rings. The van der Waals surface area contributed by atoms with Crippen molar-refractivity contribution in [2.45, 2.75) is 32.3 Å². The second-order valence-corrected chi connectivity index (χ2v) is 8.25. The van der Waals surface area contributed by atoms with E-state index in [1.807, 2.05) is 18.2 Å². The highest BCUT2D eigenvalue weighted by atomic mass is 16.5. The van der Waals surface area contributed by atoms with E-state index in [1.165, 1.54) is 0 Å². The number of amides is 2. The molecule has 0 bridgehead atoms. The van der Waals surface area contributed by atoms with E-state index in [0.717, 1.165) is 35.9 Å². The number of carbonyl (C=O) groups is 2. The summed E-state index contributed by atoms with van der Waals surface area (Å²) >= 11 is 0. The van der Waals surface area contributed by atoms with E-state index in [0.29, 0.717) is 24.7 Å². The van der Waals surface area contributed by atoms with Gasteiger partial charge in [0.2, 0.25) is 11.8 Å². The topological polar surface area (TPSA) is 113 Å². The Kier molecular flexibility index (Phi) is 4.98. The molecule has 2 amide bonds. The quantitative estimate of drug-likeness (QED) is 0.666. The summed E-state index contributed by atoms with van der Waals surface area (Å²) in [7, 11) is 0. The maximum Gasteiger partial charge on any atom is 0.228 e. The zero-order valence-corrected chi connectivity index (χ0v) is 17.6. The van der Waals surface area contributed by atoms with E-state index < -0.39 is 0 Å². The van der Waals surface area contributed by atoms with Crippen LogP contribution in [0.3, 0.4) is 0 Å². The van der Waals surface area contributed by atoms with Crippen LogP contribution in [0, 0.1) is 17.2 Å². The van der Waals surface area contributed by atoms with Crippen LogP contribution < -0.4 is 10.1 Å². The molecule has 1 saturated carbocycles. The first-order chi connectivity index (χ1) is 15.5. The van der Waals surface area contributed by atoms with Crippen molar-refractivity contribution in [3.8, 4) is 22.9 Å². The maximum atomic E-state index is 12.0. The minimum Gasteiger partial charge on any atom is -0.486 e. The molecule has 1 N–H and O–H groups in total. The SMILES string of the molecule is CC(=O)N1CC[C@H](Oc2cnc(C#N)cc2-c2ccn3nc(NC(=O)C4CC4)cc3c2)C1. The number of pyridine rings is 2. The van der Waals surface area contributed by atoms with Gasteiger partial charge in [0.1, 0.15) is 23.6 Å². The molecule has 0 radical (unpaired) electrons. The number of rotatable bonds is 5. The van der Waals surface area contributed by atoms with Crippen molar-refractivity contribution in [2.24, 2.45) is 5.92 Å². The van der Waals surface area contributed by atoms with E-state index in [1.54, 1.807) is 34.8 Å². The Balaban J connectivity index is 1.44. The Hall–Kier alpha value is -3.93. The normalized spacial score (nSPS) is 17.9. The number of nitrogens with zero attached hydrogens (tertiary/aromatic N) is 5. The van der Waals surface area contributed by atoms with E-state index in [-0.39, 0.29) is 29.5 Å². The molecule has 1 aliphatic carbocycles. The number of fused-ring (bicyclic) bond motifs is 1. The molecule has 9 nitrogen and oxygen atoms in total. The van der Waals surface area contributed by atoms with Gasteiger partial charge < -0.3 is 15.0 Å². The van der Waals surface area contributed by atoms with Gasteiger partial charge in [-0.25, -0.2) is 9.50 Å². The predicted octanol–water partition coefficient (Wildman–Crippen LogP) is 2.62. The highest BCUT2D eigenvalue weighted by Gasteiger charge is 2.30. The number of ether oxygens (including phenoxy) is 1. The minimum absolute atomic E-state index is 0.00767. The molecular weight excluding hydrogens is 408 g/mol. The van der Waals surface area contributed by atoms with Gasteiger partial charge in [-0.3, -0.25) is 9.59 Å². The molecule has 1 aliphatic heterocycles. The Morgan fingerprint density at radius 2 is 2.09 bits per heavy atom. The smallest absolute Gasteiger partial charge is 0.228 e. The van der Waals surface area contributed by atoms with Crippen molar-refractivity contribution in [1.29, 1.82) is 5.26 Å². The summed E-state index contributed by atoms with van der Waals surface area (Å²) in [6.45, 7) is 2.75. The van der Waals surface area contributed by atoms with Crippen molar-refractivity contribution < 1.29 is 14.3 Å². The van der Waals surface area contributed by atoms with Crippen molar-refractivity contribution >= 4 is 23.1 Å². The average molecular weight is 430 g/mol. The number of anilines is 1. The lowest BCUT2D eigenvalue weighted by Crippen LogP contribution is -2.28. The number of nitriles is 1. The van der Waals surface area contributed by atoms with Crippen LogP contribution in [0.2, 0.25) is 0 Å². The van der Waals surface area contributed by atoms with E-state index in [2.05, 4.69) is 21.5 Å². The fourth-order valence-corrected chi connectivity index (χ4v) is 3.91. The molecule has 1 atom stereocenters. The van der Waals surface area contributed by atoms with Crippen LogP contribution >= 0.6 is 0 Å². The standard InChI is InChI=1S/C23H22N6O3/c1-14(30)28-6-5-19(13-28)32-21-12-25-17(11-24)9-20(21)16-4-7-29-18(8-16)10-22(27-29)26-23(31)15-2-3-15/h4,7-10,12,15,19H,2-3,5-6,13H2,1H3,(H,26,27,31)/t19-/m0/s1. The van der Waals surface area contributed by atoms with Gasteiger partial charge >= 0.3 is 0 Å². The molecule has 0 aromatic carbocycles. The summed E-state index contributed by atoms with van der Waals surface area (Å²) in [5.41, 5.74) is 2.67. The monoisotopic (exact) mass is 430 g/mol.